The number of carboxylic acid groups (broad SMARTS) is 1. The summed E-state index contributed by atoms with van der Waals surface area (Å²) in [5, 5.41) is 9.05. The predicted molar refractivity (Wildman–Crippen MR) is 83.5 cm³/mol. The number of alkyl halides is 3. The molecule has 2 rings (SSSR count). The summed E-state index contributed by atoms with van der Waals surface area (Å²) in [4.78, 5) is 11.0. The maximum atomic E-state index is 12.3. The Labute approximate surface area is 143 Å². The van der Waals surface area contributed by atoms with Crippen LogP contribution >= 0.6 is 0 Å². The minimum atomic E-state index is -5.67. The summed E-state index contributed by atoms with van der Waals surface area (Å²) in [6.07, 6.45) is 3.09. The van der Waals surface area contributed by atoms with Gasteiger partial charge >= 0.3 is 21.6 Å². The molecular weight excluding hydrogens is 361 g/mol. The number of hydrogen-bond acceptors (Lipinski definition) is 4. The highest BCUT2D eigenvalue weighted by Gasteiger charge is 2.48. The third kappa shape index (κ3) is 4.65. The summed E-state index contributed by atoms with van der Waals surface area (Å²) in [6.45, 7) is 1.69. The van der Waals surface area contributed by atoms with Gasteiger partial charge in [0.2, 0.25) is 0 Å². The Balaban J connectivity index is 1.99. The fraction of sp³-hybridized carbons (Fsp3) is 0.562. The molecule has 1 atom stereocenters. The van der Waals surface area contributed by atoms with Gasteiger partial charge in [0.1, 0.15) is 5.75 Å². The highest BCUT2D eigenvalue weighted by Crippen LogP contribution is 2.39. The number of rotatable bonds is 5. The third-order valence-corrected chi connectivity index (χ3v) is 5.69. The highest BCUT2D eigenvalue weighted by atomic mass is 32.2. The lowest BCUT2D eigenvalue weighted by molar-refractivity contribution is -0.143. The van der Waals surface area contributed by atoms with Gasteiger partial charge in [-0.3, -0.25) is 4.79 Å². The molecule has 0 aromatic heterocycles. The van der Waals surface area contributed by atoms with Crippen LogP contribution in [0.3, 0.4) is 0 Å². The first kappa shape index (κ1) is 19.6. The van der Waals surface area contributed by atoms with Gasteiger partial charge in [0.05, 0.1) is 5.92 Å². The van der Waals surface area contributed by atoms with Gasteiger partial charge < -0.3 is 9.29 Å². The molecule has 1 unspecified atom stereocenters. The first-order valence-electron chi connectivity index (χ1n) is 7.85. The van der Waals surface area contributed by atoms with E-state index in [0.717, 1.165) is 31.2 Å². The van der Waals surface area contributed by atoms with Gasteiger partial charge in [-0.1, -0.05) is 19.1 Å². The summed E-state index contributed by atoms with van der Waals surface area (Å²) in [7, 11) is -5.67. The van der Waals surface area contributed by atoms with E-state index in [0.29, 0.717) is 0 Å². The summed E-state index contributed by atoms with van der Waals surface area (Å²) in [5.41, 5.74) is -4.59. The predicted octanol–water partition coefficient (Wildman–Crippen LogP) is 3.91. The number of carboxylic acids is 1. The van der Waals surface area contributed by atoms with E-state index in [9.17, 15) is 26.4 Å². The maximum absolute atomic E-state index is 12.3. The van der Waals surface area contributed by atoms with Crippen molar-refractivity contribution in [3.05, 3.63) is 29.8 Å². The second kappa shape index (κ2) is 7.23. The maximum Gasteiger partial charge on any atom is 0.534 e. The van der Waals surface area contributed by atoms with Gasteiger partial charge in [0.25, 0.3) is 0 Å². The molecule has 9 heteroatoms. The molecule has 0 saturated heterocycles. The van der Waals surface area contributed by atoms with Gasteiger partial charge in [-0.15, -0.1) is 0 Å². The van der Waals surface area contributed by atoms with E-state index in [-0.39, 0.29) is 11.8 Å². The largest absolute Gasteiger partial charge is 0.534 e. The van der Waals surface area contributed by atoms with Crippen LogP contribution in [0.1, 0.15) is 44.1 Å². The minimum Gasteiger partial charge on any atom is -0.481 e. The second-order valence-corrected chi connectivity index (χ2v) is 7.83. The number of aliphatic carboxylic acids is 1. The highest BCUT2D eigenvalue weighted by molar-refractivity contribution is 7.88. The summed E-state index contributed by atoms with van der Waals surface area (Å²) < 4.78 is 62.9. The summed E-state index contributed by atoms with van der Waals surface area (Å²) in [5.74, 6) is -1.31. The molecule has 1 aliphatic carbocycles. The van der Waals surface area contributed by atoms with Gasteiger partial charge in [0, 0.05) is 0 Å². The molecule has 1 aromatic rings. The SMILES string of the molecule is CC(C(=O)O)C1CCC(c2ccc(OS(=O)(=O)C(F)(F)F)cc2)CC1. The number of halogens is 3. The molecule has 0 heterocycles. The van der Waals surface area contributed by atoms with Crippen LogP contribution in [0.2, 0.25) is 0 Å². The fourth-order valence-electron chi connectivity index (χ4n) is 3.12. The Kier molecular flexibility index (Phi) is 5.65. The molecule has 1 aliphatic rings. The first-order chi connectivity index (χ1) is 11.5. The van der Waals surface area contributed by atoms with Crippen molar-refractivity contribution in [3.63, 3.8) is 0 Å². The lowest BCUT2D eigenvalue weighted by atomic mass is 9.74. The Hall–Kier alpha value is -1.77. The molecule has 0 bridgehead atoms. The molecule has 1 aromatic carbocycles. The zero-order valence-electron chi connectivity index (χ0n) is 13.5. The standard InChI is InChI=1S/C16H19F3O5S/c1-10(15(20)21)11-2-4-12(5-3-11)13-6-8-14(9-7-13)24-25(22,23)16(17,18)19/h6-12H,2-5H2,1H3,(H,20,21). The summed E-state index contributed by atoms with van der Waals surface area (Å²) >= 11 is 0. The molecule has 1 N–H and O–H groups in total. The second-order valence-electron chi connectivity index (χ2n) is 6.29. The van der Waals surface area contributed by atoms with Crippen molar-refractivity contribution < 1.29 is 35.7 Å². The smallest absolute Gasteiger partial charge is 0.481 e. The lowest BCUT2D eigenvalue weighted by Crippen LogP contribution is -2.28. The van der Waals surface area contributed by atoms with Crippen LogP contribution in [-0.4, -0.2) is 25.0 Å². The van der Waals surface area contributed by atoms with Crippen LogP contribution in [-0.2, 0) is 14.9 Å². The average Bonchev–Trinajstić information content (AvgIpc) is 2.53. The average molecular weight is 380 g/mol. The fourth-order valence-corrected chi connectivity index (χ4v) is 3.58. The van der Waals surface area contributed by atoms with Crippen LogP contribution in [0.4, 0.5) is 13.2 Å². The first-order valence-corrected chi connectivity index (χ1v) is 9.25. The number of benzene rings is 1. The van der Waals surface area contributed by atoms with Crippen molar-refractivity contribution in [2.75, 3.05) is 0 Å². The molecule has 140 valence electrons. The van der Waals surface area contributed by atoms with Crippen molar-refractivity contribution >= 4 is 16.1 Å². The van der Waals surface area contributed by atoms with Crippen molar-refractivity contribution in [2.45, 2.75) is 44.0 Å². The zero-order valence-corrected chi connectivity index (χ0v) is 14.3. The minimum absolute atomic E-state index is 0.119. The normalized spacial score (nSPS) is 23.0. The number of carbonyl (C=O) groups is 1. The monoisotopic (exact) mass is 380 g/mol. The summed E-state index contributed by atoms with van der Waals surface area (Å²) in [6, 6.07) is 5.49. The van der Waals surface area contributed by atoms with Gasteiger partial charge in [0.15, 0.2) is 0 Å². The van der Waals surface area contributed by atoms with E-state index in [4.69, 9.17) is 5.11 Å². The zero-order chi connectivity index (χ0) is 18.8. The third-order valence-electron chi connectivity index (χ3n) is 4.71. The van der Waals surface area contributed by atoms with E-state index in [2.05, 4.69) is 4.18 Å². The van der Waals surface area contributed by atoms with Crippen LogP contribution in [0.5, 0.6) is 5.75 Å². The molecular formula is C16H19F3O5S. The van der Waals surface area contributed by atoms with E-state index < -0.39 is 33.3 Å². The van der Waals surface area contributed by atoms with Gasteiger partial charge in [-0.05, 0) is 55.2 Å². The Morgan fingerprint density at radius 1 is 1.16 bits per heavy atom. The lowest BCUT2D eigenvalue weighted by Gasteiger charge is -2.30. The van der Waals surface area contributed by atoms with Crippen LogP contribution in [0.25, 0.3) is 0 Å². The molecule has 0 amide bonds. The van der Waals surface area contributed by atoms with Crippen molar-refractivity contribution in [3.8, 4) is 5.75 Å². The Morgan fingerprint density at radius 3 is 2.12 bits per heavy atom. The van der Waals surface area contributed by atoms with Crippen molar-refractivity contribution in [2.24, 2.45) is 11.8 Å². The molecule has 1 saturated carbocycles. The topological polar surface area (TPSA) is 80.7 Å². The van der Waals surface area contributed by atoms with E-state index in [1.54, 1.807) is 19.1 Å². The van der Waals surface area contributed by atoms with E-state index >= 15 is 0 Å². The molecule has 0 aliphatic heterocycles. The number of hydrogen-bond donors (Lipinski definition) is 1. The van der Waals surface area contributed by atoms with Gasteiger partial charge in [-0.2, -0.15) is 21.6 Å². The molecule has 1 fully saturated rings. The van der Waals surface area contributed by atoms with E-state index in [1.165, 1.54) is 12.1 Å². The van der Waals surface area contributed by atoms with Crippen molar-refractivity contribution in [1.29, 1.82) is 0 Å². The molecule has 25 heavy (non-hydrogen) atoms. The molecule has 5 nitrogen and oxygen atoms in total. The van der Waals surface area contributed by atoms with Crippen LogP contribution < -0.4 is 4.18 Å². The Bertz CT molecular complexity index is 704. The quantitative estimate of drug-likeness (QED) is 0.619. The van der Waals surface area contributed by atoms with Gasteiger partial charge in [-0.25, -0.2) is 0 Å². The Morgan fingerprint density at radius 2 is 1.68 bits per heavy atom. The molecule has 0 spiro atoms. The van der Waals surface area contributed by atoms with Crippen molar-refractivity contribution in [1.82, 2.24) is 0 Å². The van der Waals surface area contributed by atoms with Crippen LogP contribution in [0, 0.1) is 11.8 Å². The van der Waals surface area contributed by atoms with E-state index in [1.807, 2.05) is 0 Å². The molecule has 0 radical (unpaired) electrons. The van der Waals surface area contributed by atoms with Crippen LogP contribution in [0.15, 0.2) is 24.3 Å².